The van der Waals surface area contributed by atoms with Gasteiger partial charge in [-0.15, -0.1) is 0 Å². The lowest BCUT2D eigenvalue weighted by Crippen LogP contribution is -2.08. The molecule has 0 aliphatic heterocycles. The number of nitrogens with two attached hydrogens (primary N) is 1. The predicted octanol–water partition coefficient (Wildman–Crippen LogP) is 5.47. The molecule has 5 heteroatoms. The quantitative estimate of drug-likeness (QED) is 0.357. The number of rotatable bonds is 7. The first-order valence-electron chi connectivity index (χ1n) is 11.1. The molecule has 5 rings (SSSR count). The van der Waals surface area contributed by atoms with E-state index in [1.165, 1.54) is 0 Å². The summed E-state index contributed by atoms with van der Waals surface area (Å²) >= 11 is 0. The molecule has 0 saturated heterocycles. The number of fused-ring (bicyclic) bond motifs is 1. The largest absolute Gasteiger partial charge is 0.369 e. The minimum Gasteiger partial charge on any atom is -0.369 e. The zero-order valence-corrected chi connectivity index (χ0v) is 18.3. The molecule has 0 saturated carbocycles. The number of nitrogens with one attached hydrogen (secondary N) is 1. The van der Waals surface area contributed by atoms with E-state index in [1.54, 1.807) is 0 Å². The molecule has 0 radical (unpaired) electrons. The Hall–Kier alpha value is -4.09. The van der Waals surface area contributed by atoms with Gasteiger partial charge in [0.25, 0.3) is 0 Å². The summed E-state index contributed by atoms with van der Waals surface area (Å²) < 4.78 is 0. The van der Waals surface area contributed by atoms with E-state index in [0.29, 0.717) is 6.54 Å². The van der Waals surface area contributed by atoms with E-state index >= 15 is 0 Å². The predicted molar refractivity (Wildman–Crippen MR) is 135 cm³/mol. The van der Waals surface area contributed by atoms with Crippen molar-refractivity contribution in [1.82, 2.24) is 15.0 Å². The van der Waals surface area contributed by atoms with E-state index in [0.717, 1.165) is 63.3 Å². The molecule has 2 aromatic carbocycles. The van der Waals surface area contributed by atoms with Crippen LogP contribution in [0, 0.1) is 0 Å². The van der Waals surface area contributed by atoms with E-state index in [9.17, 15) is 0 Å². The standard InChI is InChI=1S/C28H25N5/c29-19-20-9-11-22(12-10-20)27-24(21-6-2-1-3-7-21)18-25-26(33-27)14-17-32-28(25)31-16-13-23-8-4-5-15-30-23/h1-12,14-15,17-18H,13,16,19,29H2,(H,31,32). The first kappa shape index (κ1) is 20.8. The lowest BCUT2D eigenvalue weighted by atomic mass is 9.97. The van der Waals surface area contributed by atoms with Crippen molar-refractivity contribution in [2.24, 2.45) is 5.73 Å². The molecule has 162 valence electrons. The molecule has 5 aromatic rings. The molecule has 3 aromatic heterocycles. The second-order valence-electron chi connectivity index (χ2n) is 7.88. The van der Waals surface area contributed by atoms with Crippen LogP contribution in [0.3, 0.4) is 0 Å². The molecule has 5 nitrogen and oxygen atoms in total. The van der Waals surface area contributed by atoms with Crippen LogP contribution in [0.25, 0.3) is 33.3 Å². The number of hydrogen-bond donors (Lipinski definition) is 2. The van der Waals surface area contributed by atoms with Crippen molar-refractivity contribution in [3.63, 3.8) is 0 Å². The number of aromatic nitrogens is 3. The molecular weight excluding hydrogens is 406 g/mol. The first-order valence-corrected chi connectivity index (χ1v) is 11.1. The summed E-state index contributed by atoms with van der Waals surface area (Å²) in [5.41, 5.74) is 13.1. The van der Waals surface area contributed by atoms with Crippen LogP contribution in [-0.4, -0.2) is 21.5 Å². The monoisotopic (exact) mass is 431 g/mol. The van der Waals surface area contributed by atoms with Crippen LogP contribution in [0.1, 0.15) is 11.3 Å². The van der Waals surface area contributed by atoms with Crippen molar-refractivity contribution in [3.8, 4) is 22.4 Å². The Morgan fingerprint density at radius 2 is 1.58 bits per heavy atom. The number of anilines is 1. The Balaban J connectivity index is 1.56. The summed E-state index contributed by atoms with van der Waals surface area (Å²) in [7, 11) is 0. The molecule has 0 spiro atoms. The van der Waals surface area contributed by atoms with Crippen LogP contribution in [-0.2, 0) is 13.0 Å². The average molecular weight is 432 g/mol. The second kappa shape index (κ2) is 9.59. The van der Waals surface area contributed by atoms with Gasteiger partial charge in [0.2, 0.25) is 0 Å². The van der Waals surface area contributed by atoms with Crippen molar-refractivity contribution >= 4 is 16.7 Å². The number of hydrogen-bond acceptors (Lipinski definition) is 5. The van der Waals surface area contributed by atoms with Gasteiger partial charge in [-0.1, -0.05) is 60.7 Å². The van der Waals surface area contributed by atoms with Gasteiger partial charge in [0.15, 0.2) is 0 Å². The Bertz CT molecular complexity index is 1350. The molecule has 33 heavy (non-hydrogen) atoms. The zero-order chi connectivity index (χ0) is 22.5. The van der Waals surface area contributed by atoms with Gasteiger partial charge >= 0.3 is 0 Å². The molecule has 3 heterocycles. The smallest absolute Gasteiger partial charge is 0.135 e. The topological polar surface area (TPSA) is 76.7 Å². The highest BCUT2D eigenvalue weighted by molar-refractivity contribution is 5.96. The zero-order valence-electron chi connectivity index (χ0n) is 18.3. The molecule has 0 aliphatic carbocycles. The summed E-state index contributed by atoms with van der Waals surface area (Å²) in [5, 5.41) is 4.48. The van der Waals surface area contributed by atoms with Crippen LogP contribution in [0.5, 0.6) is 0 Å². The summed E-state index contributed by atoms with van der Waals surface area (Å²) in [6.07, 6.45) is 4.45. The van der Waals surface area contributed by atoms with E-state index in [4.69, 9.17) is 10.7 Å². The minimum absolute atomic E-state index is 0.524. The lowest BCUT2D eigenvalue weighted by molar-refractivity contribution is 0.956. The van der Waals surface area contributed by atoms with Gasteiger partial charge in [0, 0.05) is 54.1 Å². The fourth-order valence-electron chi connectivity index (χ4n) is 3.95. The fraction of sp³-hybridized carbons (Fsp3) is 0.107. The van der Waals surface area contributed by atoms with E-state index < -0.39 is 0 Å². The summed E-state index contributed by atoms with van der Waals surface area (Å²) in [6, 6.07) is 28.8. The van der Waals surface area contributed by atoms with Crippen LogP contribution in [0.15, 0.2) is 97.3 Å². The summed E-state index contributed by atoms with van der Waals surface area (Å²) in [5.74, 6) is 0.832. The second-order valence-corrected chi connectivity index (χ2v) is 7.88. The number of pyridine rings is 3. The van der Waals surface area contributed by atoms with Crippen molar-refractivity contribution in [2.45, 2.75) is 13.0 Å². The van der Waals surface area contributed by atoms with Crippen molar-refractivity contribution < 1.29 is 0 Å². The third-order valence-electron chi connectivity index (χ3n) is 5.69. The molecule has 0 atom stereocenters. The van der Waals surface area contributed by atoms with Gasteiger partial charge in [-0.2, -0.15) is 0 Å². The molecular formula is C28H25N5. The van der Waals surface area contributed by atoms with Crippen molar-refractivity contribution in [1.29, 1.82) is 0 Å². The van der Waals surface area contributed by atoms with Crippen LogP contribution >= 0.6 is 0 Å². The number of benzene rings is 2. The van der Waals surface area contributed by atoms with Crippen LogP contribution < -0.4 is 11.1 Å². The van der Waals surface area contributed by atoms with Crippen molar-refractivity contribution in [2.75, 3.05) is 11.9 Å². The van der Waals surface area contributed by atoms with Gasteiger partial charge in [-0.3, -0.25) is 4.98 Å². The Kier molecular flexibility index (Phi) is 6.04. The minimum atomic E-state index is 0.524. The van der Waals surface area contributed by atoms with Gasteiger partial charge in [0.05, 0.1) is 11.2 Å². The van der Waals surface area contributed by atoms with E-state index in [-0.39, 0.29) is 0 Å². The van der Waals surface area contributed by atoms with Gasteiger partial charge in [0.1, 0.15) is 5.82 Å². The third kappa shape index (κ3) is 4.59. The molecule has 0 fully saturated rings. The van der Waals surface area contributed by atoms with Crippen LogP contribution in [0.4, 0.5) is 5.82 Å². The highest BCUT2D eigenvalue weighted by Gasteiger charge is 2.14. The average Bonchev–Trinajstić information content (AvgIpc) is 2.89. The molecule has 0 bridgehead atoms. The fourth-order valence-corrected chi connectivity index (χ4v) is 3.95. The number of nitrogens with zero attached hydrogens (tertiary/aromatic N) is 3. The SMILES string of the molecule is NCc1ccc(-c2nc3ccnc(NCCc4ccccn4)c3cc2-c2ccccc2)cc1. The molecule has 0 unspecified atom stereocenters. The maximum absolute atomic E-state index is 5.79. The molecule has 3 N–H and O–H groups in total. The van der Waals surface area contributed by atoms with Gasteiger partial charge < -0.3 is 11.1 Å². The van der Waals surface area contributed by atoms with Gasteiger partial charge in [-0.05, 0) is 35.4 Å². The first-order chi connectivity index (χ1) is 16.3. The van der Waals surface area contributed by atoms with Crippen LogP contribution in [0.2, 0.25) is 0 Å². The highest BCUT2D eigenvalue weighted by atomic mass is 15.0. The molecule has 0 amide bonds. The Labute approximate surface area is 193 Å². The maximum atomic E-state index is 5.79. The van der Waals surface area contributed by atoms with Gasteiger partial charge in [-0.25, -0.2) is 9.97 Å². The summed E-state index contributed by atoms with van der Waals surface area (Å²) in [4.78, 5) is 14.1. The third-order valence-corrected chi connectivity index (χ3v) is 5.69. The maximum Gasteiger partial charge on any atom is 0.135 e. The normalized spacial score (nSPS) is 10.9. The highest BCUT2D eigenvalue weighted by Crippen LogP contribution is 2.35. The van der Waals surface area contributed by atoms with E-state index in [1.807, 2.05) is 42.7 Å². The van der Waals surface area contributed by atoms with Crippen molar-refractivity contribution in [3.05, 3.63) is 109 Å². The summed E-state index contributed by atoms with van der Waals surface area (Å²) in [6.45, 7) is 1.27. The Morgan fingerprint density at radius 3 is 2.33 bits per heavy atom. The molecule has 0 aliphatic rings. The van der Waals surface area contributed by atoms with E-state index in [2.05, 4.69) is 69.9 Å². The lowest BCUT2D eigenvalue weighted by Gasteiger charge is -2.14. The Morgan fingerprint density at radius 1 is 0.758 bits per heavy atom.